The molecule has 4 aromatic rings. The Morgan fingerprint density at radius 1 is 0.759 bits per heavy atom. The summed E-state index contributed by atoms with van der Waals surface area (Å²) in [6.07, 6.45) is 5.85. The van der Waals surface area contributed by atoms with Crippen LogP contribution in [-0.4, -0.2) is 9.55 Å². The lowest BCUT2D eigenvalue weighted by atomic mass is 9.76. The van der Waals surface area contributed by atoms with E-state index in [0.29, 0.717) is 0 Å². The minimum absolute atomic E-state index is 0.450. The minimum atomic E-state index is -0.450. The van der Waals surface area contributed by atoms with Crippen LogP contribution in [0.5, 0.6) is 0 Å². The number of nitrogens with zero attached hydrogens (tertiary/aromatic N) is 2. The molecule has 0 radical (unpaired) electrons. The molecule has 0 amide bonds. The molecule has 0 spiro atoms. The number of hydrogen-bond donors (Lipinski definition) is 0. The third kappa shape index (κ3) is 3.09. The summed E-state index contributed by atoms with van der Waals surface area (Å²) in [7, 11) is 0. The van der Waals surface area contributed by atoms with Crippen LogP contribution in [0.4, 0.5) is 0 Å². The highest BCUT2D eigenvalue weighted by Crippen LogP contribution is 2.43. The number of benzene rings is 3. The maximum Gasteiger partial charge on any atom is 0.122 e. The molecule has 3 aromatic carbocycles. The van der Waals surface area contributed by atoms with Crippen molar-refractivity contribution in [2.24, 2.45) is 5.92 Å². The van der Waals surface area contributed by atoms with Crippen LogP contribution in [0.3, 0.4) is 0 Å². The van der Waals surface area contributed by atoms with E-state index in [4.69, 9.17) is 4.98 Å². The van der Waals surface area contributed by atoms with Crippen molar-refractivity contribution >= 4 is 0 Å². The summed E-state index contributed by atoms with van der Waals surface area (Å²) >= 11 is 0. The quantitative estimate of drug-likeness (QED) is 0.377. The Morgan fingerprint density at radius 3 is 1.62 bits per heavy atom. The van der Waals surface area contributed by atoms with Gasteiger partial charge in [0.25, 0.3) is 0 Å². The van der Waals surface area contributed by atoms with Crippen molar-refractivity contribution in [3.05, 3.63) is 125 Å². The second-order valence-electron chi connectivity index (χ2n) is 8.09. The fourth-order valence-electron chi connectivity index (χ4n) is 4.64. The van der Waals surface area contributed by atoms with Gasteiger partial charge in [0, 0.05) is 11.9 Å². The zero-order valence-corrected chi connectivity index (χ0v) is 16.8. The Labute approximate surface area is 172 Å². The molecule has 0 N–H and O–H groups in total. The van der Waals surface area contributed by atoms with Gasteiger partial charge >= 0.3 is 0 Å². The number of imidazole rings is 1. The topological polar surface area (TPSA) is 17.8 Å². The van der Waals surface area contributed by atoms with Crippen LogP contribution in [0.25, 0.3) is 0 Å². The monoisotopic (exact) mass is 378 g/mol. The summed E-state index contributed by atoms with van der Waals surface area (Å²) in [5, 5.41) is 0. The van der Waals surface area contributed by atoms with Gasteiger partial charge in [0.2, 0.25) is 0 Å². The average molecular weight is 379 g/mol. The van der Waals surface area contributed by atoms with E-state index in [1.807, 2.05) is 0 Å². The smallest absolute Gasteiger partial charge is 0.122 e. The first kappa shape index (κ1) is 17.9. The lowest BCUT2D eigenvalue weighted by Crippen LogP contribution is -2.39. The lowest BCUT2D eigenvalue weighted by molar-refractivity contribution is 0.479. The molecule has 5 rings (SSSR count). The first-order valence-corrected chi connectivity index (χ1v) is 10.5. The SMILES string of the molecule is Cc1ncc(CC2CC2)n1C(c1ccccc1)(c1ccccc1)c1ccccc1. The van der Waals surface area contributed by atoms with Crippen LogP contribution in [0.15, 0.2) is 97.2 Å². The number of rotatable bonds is 6. The van der Waals surface area contributed by atoms with E-state index in [1.165, 1.54) is 35.2 Å². The average Bonchev–Trinajstić information content (AvgIpc) is 3.54. The maximum atomic E-state index is 4.80. The van der Waals surface area contributed by atoms with E-state index in [2.05, 4.69) is 109 Å². The third-order valence-corrected chi connectivity index (χ3v) is 6.12. The van der Waals surface area contributed by atoms with Gasteiger partial charge < -0.3 is 4.57 Å². The number of aromatic nitrogens is 2. The van der Waals surface area contributed by atoms with Gasteiger partial charge in [-0.05, 0) is 48.8 Å². The molecule has 0 unspecified atom stereocenters. The van der Waals surface area contributed by atoms with Gasteiger partial charge in [-0.2, -0.15) is 0 Å². The lowest BCUT2D eigenvalue weighted by Gasteiger charge is -2.39. The van der Waals surface area contributed by atoms with Crippen LogP contribution in [0.1, 0.15) is 41.1 Å². The highest BCUT2D eigenvalue weighted by atomic mass is 15.1. The van der Waals surface area contributed by atoms with Crippen LogP contribution in [0, 0.1) is 12.8 Å². The second-order valence-corrected chi connectivity index (χ2v) is 8.09. The molecule has 0 aliphatic heterocycles. The fraction of sp³-hybridized carbons (Fsp3) is 0.222. The molecule has 1 heterocycles. The van der Waals surface area contributed by atoms with E-state index >= 15 is 0 Å². The van der Waals surface area contributed by atoms with Crippen molar-refractivity contribution < 1.29 is 0 Å². The molecule has 1 aromatic heterocycles. The highest BCUT2D eigenvalue weighted by molar-refractivity contribution is 5.51. The number of aryl methyl sites for hydroxylation is 1. The summed E-state index contributed by atoms with van der Waals surface area (Å²) in [4.78, 5) is 4.80. The molecule has 0 saturated heterocycles. The minimum Gasteiger partial charge on any atom is -0.314 e. The van der Waals surface area contributed by atoms with Gasteiger partial charge in [-0.1, -0.05) is 91.0 Å². The summed E-state index contributed by atoms with van der Waals surface area (Å²) in [6, 6.07) is 32.6. The Hall–Kier alpha value is -3.13. The second kappa shape index (κ2) is 7.36. The van der Waals surface area contributed by atoms with Crippen molar-refractivity contribution in [2.45, 2.75) is 31.7 Å². The Bertz CT molecular complexity index is 981. The molecule has 1 fully saturated rings. The van der Waals surface area contributed by atoms with Gasteiger partial charge in [-0.25, -0.2) is 4.98 Å². The predicted octanol–water partition coefficient (Wildman–Crippen LogP) is 5.98. The fourth-order valence-corrected chi connectivity index (χ4v) is 4.64. The molecule has 2 nitrogen and oxygen atoms in total. The van der Waals surface area contributed by atoms with Gasteiger partial charge in [0.1, 0.15) is 11.4 Å². The summed E-state index contributed by atoms with van der Waals surface area (Å²) < 4.78 is 2.49. The molecular weight excluding hydrogens is 352 g/mol. The third-order valence-electron chi connectivity index (χ3n) is 6.12. The van der Waals surface area contributed by atoms with E-state index in [1.54, 1.807) is 0 Å². The van der Waals surface area contributed by atoms with Gasteiger partial charge in [0.15, 0.2) is 0 Å². The highest BCUT2D eigenvalue weighted by Gasteiger charge is 2.41. The van der Waals surface area contributed by atoms with Crippen molar-refractivity contribution in [3.8, 4) is 0 Å². The summed E-state index contributed by atoms with van der Waals surface area (Å²) in [5.41, 5.74) is 4.65. The zero-order chi connectivity index (χ0) is 19.7. The maximum absolute atomic E-state index is 4.80. The van der Waals surface area contributed by atoms with Gasteiger partial charge in [0.05, 0.1) is 0 Å². The molecule has 144 valence electrons. The summed E-state index contributed by atoms with van der Waals surface area (Å²) in [6.45, 7) is 2.14. The van der Waals surface area contributed by atoms with E-state index < -0.39 is 5.54 Å². The van der Waals surface area contributed by atoms with Crippen molar-refractivity contribution in [1.82, 2.24) is 9.55 Å². The molecule has 0 bridgehead atoms. The Balaban J connectivity index is 1.88. The Morgan fingerprint density at radius 2 is 1.21 bits per heavy atom. The van der Waals surface area contributed by atoms with Crippen LogP contribution in [0.2, 0.25) is 0 Å². The first-order valence-electron chi connectivity index (χ1n) is 10.5. The molecule has 29 heavy (non-hydrogen) atoms. The van der Waals surface area contributed by atoms with Crippen molar-refractivity contribution in [1.29, 1.82) is 0 Å². The molecule has 1 aliphatic carbocycles. The largest absolute Gasteiger partial charge is 0.314 e. The standard InChI is InChI=1S/C27H26N2/c1-21-28-20-26(19-22-17-18-22)29(21)27(23-11-5-2-6-12-23,24-13-7-3-8-14-24)25-15-9-4-10-16-25/h2-16,20,22H,17-19H2,1H3. The van der Waals surface area contributed by atoms with Crippen molar-refractivity contribution in [2.75, 3.05) is 0 Å². The van der Waals surface area contributed by atoms with Crippen LogP contribution < -0.4 is 0 Å². The zero-order valence-electron chi connectivity index (χ0n) is 16.8. The first-order chi connectivity index (χ1) is 14.3. The molecule has 1 saturated carbocycles. The number of hydrogen-bond acceptors (Lipinski definition) is 1. The van der Waals surface area contributed by atoms with Gasteiger partial charge in [-0.3, -0.25) is 0 Å². The van der Waals surface area contributed by atoms with E-state index in [9.17, 15) is 0 Å². The van der Waals surface area contributed by atoms with E-state index in [-0.39, 0.29) is 0 Å². The van der Waals surface area contributed by atoms with Crippen molar-refractivity contribution in [3.63, 3.8) is 0 Å². The Kier molecular flexibility index (Phi) is 4.55. The molecule has 2 heteroatoms. The predicted molar refractivity (Wildman–Crippen MR) is 118 cm³/mol. The molecule has 0 atom stereocenters. The normalized spacial score (nSPS) is 14.1. The molecule has 1 aliphatic rings. The van der Waals surface area contributed by atoms with E-state index in [0.717, 1.165) is 18.2 Å². The molecular formula is C27H26N2. The van der Waals surface area contributed by atoms with Crippen LogP contribution >= 0.6 is 0 Å². The summed E-state index contributed by atoms with van der Waals surface area (Å²) in [5.74, 6) is 1.85. The van der Waals surface area contributed by atoms with Gasteiger partial charge in [-0.15, -0.1) is 0 Å². The van der Waals surface area contributed by atoms with Crippen LogP contribution in [-0.2, 0) is 12.0 Å².